The van der Waals surface area contributed by atoms with Gasteiger partial charge in [-0.1, -0.05) is 32.0 Å². The van der Waals surface area contributed by atoms with Crippen LogP contribution in [0.15, 0.2) is 23.1 Å². The summed E-state index contributed by atoms with van der Waals surface area (Å²) in [4.78, 5) is 1.54. The minimum Gasteiger partial charge on any atom is -0.118 e. The van der Waals surface area contributed by atoms with Crippen molar-refractivity contribution in [3.8, 4) is 0 Å². The van der Waals surface area contributed by atoms with E-state index in [1.54, 1.807) is 11.1 Å². The Morgan fingerprint density at radius 2 is 1.46 bits per heavy atom. The van der Waals surface area contributed by atoms with Gasteiger partial charge in [0, 0.05) is 16.1 Å². The highest BCUT2D eigenvalue weighted by Gasteiger charge is 2.33. The van der Waals surface area contributed by atoms with Gasteiger partial charge in [0.25, 0.3) is 0 Å². The Hall–Kier alpha value is -1.21. The summed E-state index contributed by atoms with van der Waals surface area (Å²) in [5, 5.41) is 0.502. The van der Waals surface area contributed by atoms with Gasteiger partial charge < -0.3 is 0 Å². The van der Waals surface area contributed by atoms with Crippen molar-refractivity contribution in [1.29, 1.82) is 0 Å². The Balaban J connectivity index is 2.45. The van der Waals surface area contributed by atoms with Crippen LogP contribution in [0.1, 0.15) is 76.4 Å². The number of fused-ring (bicyclic) bond motifs is 2. The zero-order valence-electron chi connectivity index (χ0n) is 16.4. The molecule has 0 aliphatic carbocycles. The number of hydrogen-bond acceptors (Lipinski definition) is 1. The zero-order valence-corrected chi connectivity index (χ0v) is 17.2. The molecule has 1 aliphatic heterocycles. The van der Waals surface area contributed by atoms with Crippen molar-refractivity contribution in [2.45, 2.75) is 71.5 Å². The summed E-state index contributed by atoms with van der Waals surface area (Å²) in [5.74, 6) is 1.08. The molecule has 0 radical (unpaired) electrons. The molecule has 1 heterocycles. The zero-order chi connectivity index (χ0) is 17.8. The highest BCUT2D eigenvalue weighted by atomic mass is 32.2. The van der Waals surface area contributed by atoms with Crippen molar-refractivity contribution in [3.05, 3.63) is 62.7 Å². The summed E-state index contributed by atoms with van der Waals surface area (Å²) in [6.07, 6.45) is 0. The van der Waals surface area contributed by atoms with Gasteiger partial charge in [-0.25, -0.2) is 0 Å². The van der Waals surface area contributed by atoms with E-state index in [0.29, 0.717) is 17.1 Å². The summed E-state index contributed by atoms with van der Waals surface area (Å²) in [6.45, 7) is 18.7. The lowest BCUT2D eigenvalue weighted by Crippen LogP contribution is -2.15. The molecule has 24 heavy (non-hydrogen) atoms. The Bertz CT molecular complexity index is 798. The highest BCUT2D eigenvalue weighted by molar-refractivity contribution is 7.99. The fraction of sp³-hybridized carbons (Fsp3) is 0.478. The molecule has 0 saturated carbocycles. The molecule has 0 nitrogen and oxygen atoms in total. The smallest absolute Gasteiger partial charge is 0.0319 e. The van der Waals surface area contributed by atoms with Crippen LogP contribution in [0.4, 0.5) is 0 Å². The molecule has 0 amide bonds. The van der Waals surface area contributed by atoms with Crippen molar-refractivity contribution in [1.82, 2.24) is 0 Å². The average Bonchev–Trinajstić information content (AvgIpc) is 2.67. The molecule has 1 aliphatic rings. The molecule has 128 valence electrons. The first-order chi connectivity index (χ1) is 11.3. The first-order valence-electron chi connectivity index (χ1n) is 9.12. The number of aryl methyl sites for hydroxylation is 1. The molecule has 2 aromatic rings. The lowest BCUT2D eigenvalue weighted by atomic mass is 9.75. The maximum atomic E-state index is 2.38. The predicted molar refractivity (Wildman–Crippen MR) is 108 cm³/mol. The van der Waals surface area contributed by atoms with Gasteiger partial charge in [-0.2, -0.15) is 0 Å². The maximum Gasteiger partial charge on any atom is 0.0319 e. The van der Waals surface area contributed by atoms with Crippen LogP contribution in [-0.2, 0) is 0 Å². The van der Waals surface area contributed by atoms with Crippen LogP contribution < -0.4 is 0 Å². The van der Waals surface area contributed by atoms with E-state index < -0.39 is 0 Å². The molecule has 0 bridgehead atoms. The van der Waals surface area contributed by atoms with Gasteiger partial charge in [-0.05, 0) is 92.0 Å². The molecule has 2 unspecified atom stereocenters. The maximum absolute atomic E-state index is 2.38. The van der Waals surface area contributed by atoms with Crippen LogP contribution >= 0.6 is 11.8 Å². The van der Waals surface area contributed by atoms with Crippen LogP contribution in [0.3, 0.4) is 0 Å². The summed E-state index contributed by atoms with van der Waals surface area (Å²) < 4.78 is 0. The molecular weight excluding hydrogens is 308 g/mol. The van der Waals surface area contributed by atoms with E-state index in [2.05, 4.69) is 85.4 Å². The second-order valence-corrected chi connectivity index (χ2v) is 9.15. The fourth-order valence-electron chi connectivity index (χ4n) is 4.37. The van der Waals surface area contributed by atoms with Crippen LogP contribution in [0.2, 0.25) is 0 Å². The van der Waals surface area contributed by atoms with E-state index >= 15 is 0 Å². The number of thioether (sulfide) groups is 1. The van der Waals surface area contributed by atoms with E-state index in [-0.39, 0.29) is 0 Å². The Kier molecular flexibility index (Phi) is 4.59. The Morgan fingerprint density at radius 1 is 0.833 bits per heavy atom. The van der Waals surface area contributed by atoms with Gasteiger partial charge in [-0.15, -0.1) is 11.8 Å². The minimum absolute atomic E-state index is 0.492. The molecule has 0 saturated heterocycles. The van der Waals surface area contributed by atoms with Crippen molar-refractivity contribution >= 4 is 11.8 Å². The fourth-order valence-corrected chi connectivity index (χ4v) is 5.79. The highest BCUT2D eigenvalue weighted by Crippen LogP contribution is 2.53. The molecule has 2 atom stereocenters. The van der Waals surface area contributed by atoms with Crippen molar-refractivity contribution < 1.29 is 0 Å². The monoisotopic (exact) mass is 338 g/mol. The minimum atomic E-state index is 0.492. The second kappa shape index (κ2) is 6.26. The second-order valence-electron chi connectivity index (χ2n) is 7.80. The van der Waals surface area contributed by atoms with Gasteiger partial charge in [0.2, 0.25) is 0 Å². The van der Waals surface area contributed by atoms with Crippen LogP contribution in [-0.4, -0.2) is 0 Å². The molecule has 2 aromatic carbocycles. The van der Waals surface area contributed by atoms with Crippen molar-refractivity contribution in [2.75, 3.05) is 0 Å². The third kappa shape index (κ3) is 2.52. The van der Waals surface area contributed by atoms with E-state index in [1.165, 1.54) is 38.3 Å². The summed E-state index contributed by atoms with van der Waals surface area (Å²) >= 11 is 2.07. The van der Waals surface area contributed by atoms with Crippen molar-refractivity contribution in [2.24, 2.45) is 5.92 Å². The number of hydrogen-bond donors (Lipinski definition) is 0. The molecular formula is C23H30S. The lowest BCUT2D eigenvalue weighted by Gasteiger charge is -2.29. The van der Waals surface area contributed by atoms with Crippen LogP contribution in [0.25, 0.3) is 0 Å². The van der Waals surface area contributed by atoms with E-state index in [1.807, 2.05) is 0 Å². The van der Waals surface area contributed by atoms with E-state index in [9.17, 15) is 0 Å². The molecule has 3 rings (SSSR count). The van der Waals surface area contributed by atoms with Crippen LogP contribution in [0.5, 0.6) is 0 Å². The summed E-state index contributed by atoms with van der Waals surface area (Å²) in [5.41, 5.74) is 12.1. The van der Waals surface area contributed by atoms with E-state index in [4.69, 9.17) is 0 Å². The Labute approximate surface area is 152 Å². The molecule has 0 aromatic heterocycles. The topological polar surface area (TPSA) is 0 Å². The molecule has 0 spiro atoms. The normalized spacial score (nSPS) is 19.9. The summed E-state index contributed by atoms with van der Waals surface area (Å²) in [6, 6.07) is 6.88. The molecule has 1 heteroatoms. The third-order valence-electron chi connectivity index (χ3n) is 6.06. The first kappa shape index (κ1) is 17.6. The standard InChI is InChI=1S/C23H30S/c1-12(2)20-21-13(3)10-9-11-19(21)18(8)24-23-17(7)15(5)14(4)16(6)22(20)23/h9-12,18,20H,1-8H3. The Morgan fingerprint density at radius 3 is 2.08 bits per heavy atom. The summed E-state index contributed by atoms with van der Waals surface area (Å²) in [7, 11) is 0. The number of benzene rings is 2. The lowest BCUT2D eigenvalue weighted by molar-refractivity contribution is 0.549. The van der Waals surface area contributed by atoms with Gasteiger partial charge in [0.05, 0.1) is 0 Å². The molecule has 0 fully saturated rings. The van der Waals surface area contributed by atoms with Crippen LogP contribution in [0, 0.1) is 40.5 Å². The van der Waals surface area contributed by atoms with Gasteiger partial charge in [0.15, 0.2) is 0 Å². The first-order valence-corrected chi connectivity index (χ1v) is 9.99. The predicted octanol–water partition coefficient (Wildman–Crippen LogP) is 7.18. The quantitative estimate of drug-likeness (QED) is 0.530. The molecule has 0 N–H and O–H groups in total. The van der Waals surface area contributed by atoms with Gasteiger partial charge in [0.1, 0.15) is 0 Å². The van der Waals surface area contributed by atoms with Gasteiger partial charge >= 0.3 is 0 Å². The van der Waals surface area contributed by atoms with Gasteiger partial charge in [-0.3, -0.25) is 0 Å². The third-order valence-corrected chi connectivity index (χ3v) is 7.43. The largest absolute Gasteiger partial charge is 0.118 e. The average molecular weight is 339 g/mol. The SMILES string of the molecule is Cc1cccc2c1C(C(C)C)c1c(C)c(C)c(C)c(C)c1SC2C. The van der Waals surface area contributed by atoms with Crippen molar-refractivity contribution in [3.63, 3.8) is 0 Å². The number of rotatable bonds is 1. The van der Waals surface area contributed by atoms with E-state index in [0.717, 1.165) is 0 Å².